The van der Waals surface area contributed by atoms with E-state index in [1.54, 1.807) is 12.2 Å². The van der Waals surface area contributed by atoms with Crippen LogP contribution in [0.5, 0.6) is 11.5 Å². The number of carbonyl (C=O) groups excluding carboxylic acids is 2. The summed E-state index contributed by atoms with van der Waals surface area (Å²) in [5, 5.41) is 0. The minimum absolute atomic E-state index is 0.206. The van der Waals surface area contributed by atoms with Crippen molar-refractivity contribution in [2.45, 2.75) is 25.8 Å². The van der Waals surface area contributed by atoms with Crippen molar-refractivity contribution in [1.29, 1.82) is 0 Å². The van der Waals surface area contributed by atoms with Crippen molar-refractivity contribution in [3.05, 3.63) is 95.9 Å². The zero-order valence-electron chi connectivity index (χ0n) is 26.8. The molecule has 2 aliphatic carbocycles. The van der Waals surface area contributed by atoms with Crippen LogP contribution < -0.4 is 9.47 Å². The average molecular weight is 652 g/mol. The van der Waals surface area contributed by atoms with Crippen LogP contribution in [0.3, 0.4) is 0 Å². The summed E-state index contributed by atoms with van der Waals surface area (Å²) in [5.74, 6) is 0.674. The first kappa shape index (κ1) is 35.7. The molecule has 254 valence electrons. The Morgan fingerprint density at radius 3 is 1.60 bits per heavy atom. The van der Waals surface area contributed by atoms with Crippen molar-refractivity contribution in [2.75, 3.05) is 79.3 Å². The van der Waals surface area contributed by atoms with E-state index in [-0.39, 0.29) is 25.2 Å². The molecule has 0 saturated heterocycles. The van der Waals surface area contributed by atoms with Crippen molar-refractivity contribution in [1.82, 2.24) is 4.57 Å². The van der Waals surface area contributed by atoms with Gasteiger partial charge in [0.25, 0.3) is 0 Å². The van der Waals surface area contributed by atoms with Gasteiger partial charge in [-0.25, -0.2) is 9.59 Å². The smallest absolute Gasteiger partial charge is 0.334 e. The SMILES string of the molecule is O=C(OCCOCCOCCOc1ccc(CCn2cccc2)cc1OCCOCCOCCOC(=O)C1=CC=CC1)C1=CC=CC1. The first-order valence-corrected chi connectivity index (χ1v) is 16.0. The molecule has 47 heavy (non-hydrogen) atoms. The number of rotatable bonds is 25. The highest BCUT2D eigenvalue weighted by Crippen LogP contribution is 2.29. The van der Waals surface area contributed by atoms with Crippen LogP contribution in [0.1, 0.15) is 18.4 Å². The van der Waals surface area contributed by atoms with Gasteiger partial charge in [-0.05, 0) is 49.1 Å². The molecule has 0 N–H and O–H groups in total. The maximum atomic E-state index is 11.8. The Morgan fingerprint density at radius 1 is 0.596 bits per heavy atom. The Balaban J connectivity index is 1.07. The summed E-state index contributed by atoms with van der Waals surface area (Å²) in [4.78, 5) is 23.7. The number of allylic oxidation sites excluding steroid dienone is 6. The third-order valence-corrected chi connectivity index (χ3v) is 7.04. The van der Waals surface area contributed by atoms with Gasteiger partial charge < -0.3 is 42.5 Å². The Kier molecular flexibility index (Phi) is 16.4. The van der Waals surface area contributed by atoms with Crippen LogP contribution in [-0.2, 0) is 51.0 Å². The summed E-state index contributed by atoms with van der Waals surface area (Å²) in [6.45, 7) is 4.92. The fourth-order valence-electron chi connectivity index (χ4n) is 4.55. The highest BCUT2D eigenvalue weighted by atomic mass is 16.6. The Labute approximate surface area is 276 Å². The van der Waals surface area contributed by atoms with E-state index in [4.69, 9.17) is 37.9 Å². The molecule has 0 fully saturated rings. The topological polar surface area (TPSA) is 113 Å². The van der Waals surface area contributed by atoms with Crippen molar-refractivity contribution in [3.8, 4) is 11.5 Å². The second-order valence-corrected chi connectivity index (χ2v) is 10.5. The number of nitrogens with zero attached hydrogens (tertiary/aromatic N) is 1. The molecule has 0 amide bonds. The normalized spacial score (nSPS) is 13.4. The fourth-order valence-corrected chi connectivity index (χ4v) is 4.55. The van der Waals surface area contributed by atoms with Crippen LogP contribution in [0.2, 0.25) is 0 Å². The number of ether oxygens (including phenoxy) is 8. The zero-order valence-corrected chi connectivity index (χ0v) is 26.8. The molecule has 0 spiro atoms. The van der Waals surface area contributed by atoms with Crippen LogP contribution >= 0.6 is 0 Å². The van der Waals surface area contributed by atoms with Gasteiger partial charge in [-0.3, -0.25) is 0 Å². The maximum Gasteiger partial charge on any atom is 0.334 e. The molecule has 2 aliphatic rings. The number of carbonyl (C=O) groups is 2. The monoisotopic (exact) mass is 651 g/mol. The lowest BCUT2D eigenvalue weighted by atomic mass is 10.1. The minimum atomic E-state index is -0.301. The van der Waals surface area contributed by atoms with E-state index in [2.05, 4.69) is 4.57 Å². The second-order valence-electron chi connectivity index (χ2n) is 10.5. The maximum absolute atomic E-state index is 11.8. The lowest BCUT2D eigenvalue weighted by molar-refractivity contribution is -0.141. The van der Waals surface area contributed by atoms with E-state index in [0.29, 0.717) is 102 Å². The number of esters is 2. The summed E-state index contributed by atoms with van der Waals surface area (Å²) in [6, 6.07) is 9.99. The molecule has 0 unspecified atom stereocenters. The second kappa shape index (κ2) is 21.6. The molecular formula is C36H45NO10. The van der Waals surface area contributed by atoms with E-state index >= 15 is 0 Å². The molecule has 0 aliphatic heterocycles. The summed E-state index contributed by atoms with van der Waals surface area (Å²) in [6.07, 6.45) is 17.2. The van der Waals surface area contributed by atoms with Gasteiger partial charge in [0.2, 0.25) is 0 Å². The van der Waals surface area contributed by atoms with E-state index in [0.717, 1.165) is 18.5 Å². The summed E-state index contributed by atoms with van der Waals surface area (Å²) in [7, 11) is 0. The standard InChI is InChI=1S/C36H45NO10/c38-35(31-7-1-2-8-31)46-27-23-42-19-17-40-21-25-44-33-12-11-30(13-16-37-14-5-6-15-37)29-34(33)45-26-22-41-18-20-43-24-28-47-36(39)32-9-3-4-10-32/h1-7,9,11-12,14-15,29H,8,10,13,16-28H2. The predicted molar refractivity (Wildman–Crippen MR) is 174 cm³/mol. The van der Waals surface area contributed by atoms with Gasteiger partial charge in [0, 0.05) is 30.1 Å². The van der Waals surface area contributed by atoms with Gasteiger partial charge >= 0.3 is 11.9 Å². The molecule has 0 saturated carbocycles. The molecule has 0 bridgehead atoms. The minimum Gasteiger partial charge on any atom is -0.487 e. The predicted octanol–water partition coefficient (Wildman–Crippen LogP) is 4.41. The first-order valence-electron chi connectivity index (χ1n) is 16.0. The Hall–Kier alpha value is -4.16. The summed E-state index contributed by atoms with van der Waals surface area (Å²) >= 11 is 0. The fraction of sp³-hybridized carbons (Fsp3) is 0.444. The van der Waals surface area contributed by atoms with Crippen LogP contribution in [0, 0.1) is 0 Å². The third kappa shape index (κ3) is 14.0. The van der Waals surface area contributed by atoms with Crippen LogP contribution in [0.25, 0.3) is 0 Å². The highest BCUT2D eigenvalue weighted by molar-refractivity contribution is 5.90. The molecule has 4 rings (SSSR count). The zero-order chi connectivity index (χ0) is 32.8. The van der Waals surface area contributed by atoms with Crippen LogP contribution in [-0.4, -0.2) is 95.8 Å². The summed E-state index contributed by atoms with van der Waals surface area (Å²) in [5.41, 5.74) is 2.45. The van der Waals surface area contributed by atoms with E-state index in [1.165, 1.54) is 0 Å². The van der Waals surface area contributed by atoms with E-state index in [1.807, 2.05) is 67.0 Å². The number of hydrogen-bond donors (Lipinski definition) is 0. The molecule has 0 atom stereocenters. The molecule has 2 aromatic rings. The number of aromatic nitrogens is 1. The van der Waals surface area contributed by atoms with Gasteiger partial charge in [-0.15, -0.1) is 0 Å². The van der Waals surface area contributed by atoms with Crippen molar-refractivity contribution in [2.24, 2.45) is 0 Å². The first-order chi connectivity index (χ1) is 23.2. The van der Waals surface area contributed by atoms with Crippen molar-refractivity contribution in [3.63, 3.8) is 0 Å². The third-order valence-electron chi connectivity index (χ3n) is 7.04. The van der Waals surface area contributed by atoms with Gasteiger partial charge in [0.15, 0.2) is 11.5 Å². The number of aryl methyl sites for hydroxylation is 2. The van der Waals surface area contributed by atoms with Crippen molar-refractivity contribution >= 4 is 11.9 Å². The van der Waals surface area contributed by atoms with Crippen LogP contribution in [0.15, 0.2) is 90.3 Å². The van der Waals surface area contributed by atoms with Crippen LogP contribution in [0.4, 0.5) is 0 Å². The Morgan fingerprint density at radius 2 is 1.09 bits per heavy atom. The molecule has 0 radical (unpaired) electrons. The quantitative estimate of drug-likeness (QED) is 0.113. The molecule has 11 nitrogen and oxygen atoms in total. The lowest BCUT2D eigenvalue weighted by Crippen LogP contribution is -2.15. The molecule has 1 aromatic carbocycles. The number of benzene rings is 1. The average Bonchev–Trinajstić information content (AvgIpc) is 3.90. The van der Waals surface area contributed by atoms with Gasteiger partial charge in [0.05, 0.1) is 52.9 Å². The van der Waals surface area contributed by atoms with Gasteiger partial charge in [0.1, 0.15) is 26.4 Å². The van der Waals surface area contributed by atoms with Crippen molar-refractivity contribution < 1.29 is 47.5 Å². The van der Waals surface area contributed by atoms with E-state index in [9.17, 15) is 9.59 Å². The molecule has 11 heteroatoms. The summed E-state index contributed by atoms with van der Waals surface area (Å²) < 4.78 is 46.8. The number of hydrogen-bond acceptors (Lipinski definition) is 10. The largest absolute Gasteiger partial charge is 0.487 e. The molecular weight excluding hydrogens is 606 g/mol. The van der Waals surface area contributed by atoms with Gasteiger partial charge in [-0.1, -0.05) is 42.5 Å². The van der Waals surface area contributed by atoms with Gasteiger partial charge in [-0.2, -0.15) is 0 Å². The molecule has 1 heterocycles. The lowest BCUT2D eigenvalue weighted by Gasteiger charge is -2.15. The highest BCUT2D eigenvalue weighted by Gasteiger charge is 2.12. The molecule has 1 aromatic heterocycles. The Bertz CT molecular complexity index is 1350. The van der Waals surface area contributed by atoms with E-state index < -0.39 is 0 Å².